The summed E-state index contributed by atoms with van der Waals surface area (Å²) in [6.07, 6.45) is 9.10. The molecule has 24 heavy (non-hydrogen) atoms. The van der Waals surface area contributed by atoms with Crippen molar-refractivity contribution in [3.05, 3.63) is 29.8 Å². The maximum atomic E-state index is 13.1. The minimum atomic E-state index is -3.30. The Hall–Kier alpha value is -1.36. The Balaban J connectivity index is 1.81. The molecule has 0 bridgehead atoms. The highest BCUT2D eigenvalue weighted by Gasteiger charge is 2.39. The average molecular weight is 349 g/mol. The molecule has 0 saturated heterocycles. The van der Waals surface area contributed by atoms with E-state index in [1.165, 1.54) is 31.6 Å². The van der Waals surface area contributed by atoms with Gasteiger partial charge in [-0.15, -0.1) is 0 Å². The Morgan fingerprint density at radius 1 is 1.08 bits per heavy atom. The van der Waals surface area contributed by atoms with E-state index in [2.05, 4.69) is 11.8 Å². The van der Waals surface area contributed by atoms with Crippen molar-refractivity contribution in [2.24, 2.45) is 5.92 Å². The minimum absolute atomic E-state index is 0.00273. The molecule has 5 heteroatoms. The van der Waals surface area contributed by atoms with Gasteiger partial charge in [-0.05, 0) is 62.6 Å². The molecule has 132 valence electrons. The first-order chi connectivity index (χ1) is 11.4. The van der Waals surface area contributed by atoms with Gasteiger partial charge in [0.15, 0.2) is 9.84 Å². The lowest BCUT2D eigenvalue weighted by atomic mass is 9.83. The van der Waals surface area contributed by atoms with E-state index in [1.54, 1.807) is 18.2 Å². The number of nitrogens with zero attached hydrogens (tertiary/aromatic N) is 1. The van der Waals surface area contributed by atoms with Crippen molar-refractivity contribution >= 4 is 15.7 Å². The zero-order valence-electron chi connectivity index (χ0n) is 14.6. The number of benzene rings is 1. The minimum Gasteiger partial charge on any atom is -0.333 e. The zero-order valence-corrected chi connectivity index (χ0v) is 15.4. The molecule has 1 aromatic carbocycles. The van der Waals surface area contributed by atoms with Crippen LogP contribution in [-0.2, 0) is 9.84 Å². The summed E-state index contributed by atoms with van der Waals surface area (Å²) < 4.78 is 23.5. The first-order valence-corrected chi connectivity index (χ1v) is 10.9. The highest BCUT2D eigenvalue weighted by Crippen LogP contribution is 2.37. The predicted molar refractivity (Wildman–Crippen MR) is 94.8 cm³/mol. The van der Waals surface area contributed by atoms with Crippen LogP contribution in [0.15, 0.2) is 29.2 Å². The number of hydrogen-bond acceptors (Lipinski definition) is 3. The molecular formula is C19H27NO3S. The monoisotopic (exact) mass is 349 g/mol. The van der Waals surface area contributed by atoms with Crippen LogP contribution in [0.5, 0.6) is 0 Å². The fourth-order valence-corrected chi connectivity index (χ4v) is 4.49. The molecule has 2 fully saturated rings. The van der Waals surface area contributed by atoms with Gasteiger partial charge in [-0.2, -0.15) is 0 Å². The maximum Gasteiger partial charge on any atom is 0.254 e. The van der Waals surface area contributed by atoms with Gasteiger partial charge in [0, 0.05) is 23.9 Å². The molecule has 1 amide bonds. The van der Waals surface area contributed by atoms with Crippen LogP contribution in [0.4, 0.5) is 0 Å². The highest BCUT2D eigenvalue weighted by atomic mass is 32.2. The van der Waals surface area contributed by atoms with Crippen molar-refractivity contribution in [2.75, 3.05) is 6.26 Å². The Morgan fingerprint density at radius 2 is 1.67 bits per heavy atom. The van der Waals surface area contributed by atoms with Crippen molar-refractivity contribution in [1.82, 2.24) is 4.90 Å². The Labute approximate surface area is 145 Å². The number of rotatable bonds is 5. The fourth-order valence-electron chi connectivity index (χ4n) is 3.82. The quantitative estimate of drug-likeness (QED) is 0.815. The summed E-state index contributed by atoms with van der Waals surface area (Å²) in [6.45, 7) is 2.24. The normalized spacial score (nSPS) is 24.6. The van der Waals surface area contributed by atoms with Gasteiger partial charge < -0.3 is 4.90 Å². The van der Waals surface area contributed by atoms with Crippen molar-refractivity contribution in [1.29, 1.82) is 0 Å². The highest BCUT2D eigenvalue weighted by molar-refractivity contribution is 7.90. The first kappa shape index (κ1) is 17.5. The number of sulfone groups is 1. The van der Waals surface area contributed by atoms with E-state index in [1.807, 2.05) is 0 Å². The summed E-state index contributed by atoms with van der Waals surface area (Å²) in [6, 6.07) is 7.16. The van der Waals surface area contributed by atoms with Crippen LogP contribution < -0.4 is 0 Å². The SMILES string of the molecule is CCC1CCC(N(C(=O)c2cccc(S(C)(=O)=O)c2)C2CC2)CC1. The van der Waals surface area contributed by atoms with Gasteiger partial charge in [0.2, 0.25) is 0 Å². The lowest BCUT2D eigenvalue weighted by Gasteiger charge is -2.37. The molecule has 0 unspecified atom stereocenters. The van der Waals surface area contributed by atoms with Crippen molar-refractivity contribution in [3.63, 3.8) is 0 Å². The van der Waals surface area contributed by atoms with E-state index in [0.29, 0.717) is 17.6 Å². The lowest BCUT2D eigenvalue weighted by molar-refractivity contribution is 0.0587. The van der Waals surface area contributed by atoms with Gasteiger partial charge >= 0.3 is 0 Å². The Bertz CT molecular complexity index is 701. The van der Waals surface area contributed by atoms with Gasteiger partial charge in [0.25, 0.3) is 5.91 Å². The van der Waals surface area contributed by atoms with Gasteiger partial charge in [-0.1, -0.05) is 19.4 Å². The van der Waals surface area contributed by atoms with Crippen molar-refractivity contribution < 1.29 is 13.2 Å². The number of amides is 1. The third-order valence-corrected chi connectivity index (χ3v) is 6.58. The Morgan fingerprint density at radius 3 is 2.17 bits per heavy atom. The van der Waals surface area contributed by atoms with Crippen LogP contribution in [0.3, 0.4) is 0 Å². The summed E-state index contributed by atoms with van der Waals surface area (Å²) >= 11 is 0. The Kier molecular flexibility index (Phi) is 5.00. The molecule has 3 rings (SSSR count). The molecule has 1 aromatic rings. The van der Waals surface area contributed by atoms with Crippen LogP contribution in [0.1, 0.15) is 62.2 Å². The molecule has 2 saturated carbocycles. The number of carbonyl (C=O) groups is 1. The molecule has 2 aliphatic rings. The van der Waals surface area contributed by atoms with Crippen LogP contribution >= 0.6 is 0 Å². The zero-order chi connectivity index (χ0) is 17.3. The topological polar surface area (TPSA) is 54.5 Å². The standard InChI is InChI=1S/C19H27NO3S/c1-3-14-7-9-16(10-8-14)20(17-11-12-17)19(21)15-5-4-6-18(13-15)24(2,22)23/h4-6,13-14,16-17H,3,7-12H2,1-2H3. The van der Waals surface area contributed by atoms with Gasteiger partial charge in [-0.3, -0.25) is 4.79 Å². The molecule has 2 aliphatic carbocycles. The number of hydrogen-bond donors (Lipinski definition) is 0. The largest absolute Gasteiger partial charge is 0.333 e. The second-order valence-electron chi connectivity index (χ2n) is 7.33. The van der Waals surface area contributed by atoms with E-state index in [9.17, 15) is 13.2 Å². The molecule has 0 radical (unpaired) electrons. The lowest BCUT2D eigenvalue weighted by Crippen LogP contribution is -2.43. The molecule has 0 atom stereocenters. The van der Waals surface area contributed by atoms with Crippen LogP contribution in [-0.4, -0.2) is 37.6 Å². The first-order valence-electron chi connectivity index (χ1n) is 9.03. The van der Waals surface area contributed by atoms with Crippen LogP contribution in [0, 0.1) is 5.92 Å². The average Bonchev–Trinajstić information content (AvgIpc) is 3.40. The third kappa shape index (κ3) is 3.82. The molecule has 0 N–H and O–H groups in total. The van der Waals surface area contributed by atoms with Gasteiger partial charge in [0.1, 0.15) is 0 Å². The smallest absolute Gasteiger partial charge is 0.254 e. The molecular weight excluding hydrogens is 322 g/mol. The summed E-state index contributed by atoms with van der Waals surface area (Å²) in [5, 5.41) is 0. The van der Waals surface area contributed by atoms with Crippen LogP contribution in [0.2, 0.25) is 0 Å². The van der Waals surface area contributed by atoms with Gasteiger partial charge in [-0.25, -0.2) is 8.42 Å². The van der Waals surface area contributed by atoms with E-state index in [4.69, 9.17) is 0 Å². The van der Waals surface area contributed by atoms with Gasteiger partial charge in [0.05, 0.1) is 4.90 Å². The van der Waals surface area contributed by atoms with Crippen LogP contribution in [0.25, 0.3) is 0 Å². The molecule has 0 heterocycles. The molecule has 0 spiro atoms. The second-order valence-corrected chi connectivity index (χ2v) is 9.34. The van der Waals surface area contributed by atoms with Crippen molar-refractivity contribution in [3.8, 4) is 0 Å². The summed E-state index contributed by atoms with van der Waals surface area (Å²) in [4.78, 5) is 15.4. The maximum absolute atomic E-state index is 13.1. The van der Waals surface area contributed by atoms with E-state index in [-0.39, 0.29) is 10.8 Å². The van der Waals surface area contributed by atoms with E-state index >= 15 is 0 Å². The summed E-state index contributed by atoms with van der Waals surface area (Å²) in [5.74, 6) is 0.800. The predicted octanol–water partition coefficient (Wildman–Crippen LogP) is 3.66. The summed E-state index contributed by atoms with van der Waals surface area (Å²) in [5.41, 5.74) is 0.502. The summed E-state index contributed by atoms with van der Waals surface area (Å²) in [7, 11) is -3.30. The number of carbonyl (C=O) groups excluding carboxylic acids is 1. The fraction of sp³-hybridized carbons (Fsp3) is 0.632. The second kappa shape index (κ2) is 6.87. The third-order valence-electron chi connectivity index (χ3n) is 5.47. The molecule has 0 aromatic heterocycles. The molecule has 4 nitrogen and oxygen atoms in total. The molecule has 0 aliphatic heterocycles. The van der Waals surface area contributed by atoms with E-state index in [0.717, 1.165) is 31.6 Å². The van der Waals surface area contributed by atoms with Crippen molar-refractivity contribution in [2.45, 2.75) is 68.8 Å². The van der Waals surface area contributed by atoms with E-state index < -0.39 is 9.84 Å².